The third-order valence-electron chi connectivity index (χ3n) is 8.48. The lowest BCUT2D eigenvalue weighted by Gasteiger charge is -2.40. The van der Waals surface area contributed by atoms with E-state index < -0.39 is 22.0 Å². The van der Waals surface area contributed by atoms with E-state index in [1.54, 1.807) is 0 Å². The Hall–Kier alpha value is -0.386. The molecule has 0 aliphatic heterocycles. The molecule has 1 unspecified atom stereocenters. The first-order valence-corrected chi connectivity index (χ1v) is 20.2. The molecule has 0 bridgehead atoms. The summed E-state index contributed by atoms with van der Waals surface area (Å²) < 4.78 is 12.4. The number of aldehydes is 1. The van der Waals surface area contributed by atoms with E-state index >= 15 is 0 Å². The van der Waals surface area contributed by atoms with Gasteiger partial charge in [0.1, 0.15) is 12.1 Å². The molecule has 1 atom stereocenters. The molecule has 0 aliphatic rings. The van der Waals surface area contributed by atoms with Gasteiger partial charge in [-0.15, -0.1) is 0 Å². The average Bonchev–Trinajstić information content (AvgIpc) is 2.75. The Bertz CT molecular complexity index is 688. The zero-order chi connectivity index (χ0) is 30.6. The van der Waals surface area contributed by atoms with Crippen molar-refractivity contribution in [2.45, 2.75) is 150 Å². The predicted molar refractivity (Wildman–Crippen MR) is 166 cm³/mol. The first kappa shape index (κ1) is 39.8. The Morgan fingerprint density at radius 3 is 1.63 bits per heavy atom. The zero-order valence-corrected chi connectivity index (χ0v) is 29.5. The molecule has 38 heavy (non-hydrogen) atoms. The SMILES string of the molecule is CC(C)(CO[Si](C)(C)C(C)(C)C)C(=O)CCCC=O.CC(C)(CO[Si](C)(C)C(C)(C)C)C(O)CCCCO. The van der Waals surface area contributed by atoms with Gasteiger partial charge < -0.3 is 23.9 Å². The number of aliphatic hydroxyl groups excluding tert-OH is 2. The standard InChI is InChI=1S/C15H34O3Si.C15H30O3Si/c2*1-14(2,3)19(6,7)18-12-15(4,5)13(17)10-8-9-11-16/h13,16-17H,8-12H2,1-7H3;11H,8-10,12H2,1-7H3. The molecule has 0 rings (SSSR count). The zero-order valence-electron chi connectivity index (χ0n) is 27.5. The summed E-state index contributed by atoms with van der Waals surface area (Å²) in [6, 6.07) is 0. The van der Waals surface area contributed by atoms with Gasteiger partial charge in [-0.1, -0.05) is 69.2 Å². The number of aliphatic hydroxyl groups is 2. The fourth-order valence-corrected chi connectivity index (χ4v) is 5.18. The van der Waals surface area contributed by atoms with E-state index in [9.17, 15) is 14.7 Å². The molecule has 228 valence electrons. The van der Waals surface area contributed by atoms with Gasteiger partial charge in [0, 0.05) is 43.5 Å². The Balaban J connectivity index is 0. The van der Waals surface area contributed by atoms with Crippen molar-refractivity contribution in [3.8, 4) is 0 Å². The van der Waals surface area contributed by atoms with Gasteiger partial charge in [-0.05, 0) is 61.9 Å². The van der Waals surface area contributed by atoms with Gasteiger partial charge in [-0.25, -0.2) is 0 Å². The van der Waals surface area contributed by atoms with Gasteiger partial charge in [-0.2, -0.15) is 0 Å². The smallest absolute Gasteiger partial charge is 0.192 e. The molecule has 0 saturated carbocycles. The highest BCUT2D eigenvalue weighted by atomic mass is 28.4. The van der Waals surface area contributed by atoms with Crippen LogP contribution >= 0.6 is 0 Å². The average molecular weight is 577 g/mol. The van der Waals surface area contributed by atoms with Crippen molar-refractivity contribution in [3.63, 3.8) is 0 Å². The number of unbranched alkanes of at least 4 members (excludes halogenated alkanes) is 2. The van der Waals surface area contributed by atoms with Crippen molar-refractivity contribution in [1.82, 2.24) is 0 Å². The number of Topliss-reactive ketones (excluding diaryl/α,β-unsaturated/α-hetero) is 1. The molecule has 0 radical (unpaired) electrons. The monoisotopic (exact) mass is 576 g/mol. The molecule has 6 nitrogen and oxygen atoms in total. The molecular weight excluding hydrogens is 512 g/mol. The first-order chi connectivity index (χ1) is 16.9. The first-order valence-electron chi connectivity index (χ1n) is 14.4. The number of hydrogen-bond donors (Lipinski definition) is 2. The lowest BCUT2D eigenvalue weighted by atomic mass is 9.85. The molecule has 8 heteroatoms. The van der Waals surface area contributed by atoms with Crippen LogP contribution < -0.4 is 0 Å². The number of ketones is 1. The summed E-state index contributed by atoms with van der Waals surface area (Å²) in [4.78, 5) is 22.4. The summed E-state index contributed by atoms with van der Waals surface area (Å²) in [7, 11) is -3.56. The van der Waals surface area contributed by atoms with E-state index in [1.807, 2.05) is 13.8 Å². The van der Waals surface area contributed by atoms with Crippen LogP contribution in [-0.2, 0) is 18.4 Å². The van der Waals surface area contributed by atoms with E-state index in [-0.39, 0.29) is 34.0 Å². The molecule has 0 amide bonds. The molecular formula is C30H64O6Si2. The fraction of sp³-hybridized carbons (Fsp3) is 0.933. The summed E-state index contributed by atoms with van der Waals surface area (Å²) in [5.74, 6) is 0.188. The highest BCUT2D eigenvalue weighted by Gasteiger charge is 2.40. The quantitative estimate of drug-likeness (QED) is 0.112. The lowest BCUT2D eigenvalue weighted by Crippen LogP contribution is -2.45. The van der Waals surface area contributed by atoms with Crippen molar-refractivity contribution in [2.75, 3.05) is 19.8 Å². The van der Waals surface area contributed by atoms with Gasteiger partial charge in [0.25, 0.3) is 0 Å². The van der Waals surface area contributed by atoms with Gasteiger partial charge in [0.2, 0.25) is 0 Å². The van der Waals surface area contributed by atoms with Crippen molar-refractivity contribution in [2.24, 2.45) is 10.8 Å². The van der Waals surface area contributed by atoms with Crippen LogP contribution in [0.15, 0.2) is 0 Å². The van der Waals surface area contributed by atoms with E-state index in [4.69, 9.17) is 14.0 Å². The summed E-state index contributed by atoms with van der Waals surface area (Å²) in [5, 5.41) is 19.4. The van der Waals surface area contributed by atoms with Crippen molar-refractivity contribution < 1.29 is 28.7 Å². The Labute approximate surface area is 237 Å². The Morgan fingerprint density at radius 2 is 1.24 bits per heavy atom. The third kappa shape index (κ3) is 14.8. The van der Waals surface area contributed by atoms with Gasteiger partial charge in [-0.3, -0.25) is 4.79 Å². The van der Waals surface area contributed by atoms with Crippen molar-refractivity contribution >= 4 is 28.7 Å². The van der Waals surface area contributed by atoms with Crippen LogP contribution in [0, 0.1) is 10.8 Å². The van der Waals surface area contributed by atoms with Crippen LogP contribution in [0.3, 0.4) is 0 Å². The number of hydrogen-bond acceptors (Lipinski definition) is 6. The molecule has 0 aromatic carbocycles. The summed E-state index contributed by atoms with van der Waals surface area (Å²) in [6.45, 7) is 31.4. The van der Waals surface area contributed by atoms with Crippen LogP contribution in [0.2, 0.25) is 36.3 Å². The molecule has 0 aromatic heterocycles. The highest BCUT2D eigenvalue weighted by molar-refractivity contribution is 6.74. The normalized spacial score (nSPS) is 14.5. The minimum Gasteiger partial charge on any atom is -0.416 e. The molecule has 0 heterocycles. The molecule has 0 aliphatic carbocycles. The summed E-state index contributed by atoms with van der Waals surface area (Å²) >= 11 is 0. The van der Waals surface area contributed by atoms with Crippen LogP contribution in [0.4, 0.5) is 0 Å². The maximum Gasteiger partial charge on any atom is 0.192 e. The Kier molecular flexibility index (Phi) is 16.9. The molecule has 0 aromatic rings. The second kappa shape index (κ2) is 16.2. The van der Waals surface area contributed by atoms with Crippen LogP contribution in [0.1, 0.15) is 108 Å². The fourth-order valence-electron chi connectivity index (χ4n) is 2.86. The minimum atomic E-state index is -1.81. The van der Waals surface area contributed by atoms with E-state index in [1.165, 1.54) is 0 Å². The molecule has 2 N–H and O–H groups in total. The van der Waals surface area contributed by atoms with Gasteiger partial charge >= 0.3 is 0 Å². The maximum absolute atomic E-state index is 12.1. The van der Waals surface area contributed by atoms with Crippen LogP contribution in [0.5, 0.6) is 0 Å². The van der Waals surface area contributed by atoms with Gasteiger partial charge in [0.15, 0.2) is 16.6 Å². The molecule has 0 fully saturated rings. The van der Waals surface area contributed by atoms with Crippen molar-refractivity contribution in [1.29, 1.82) is 0 Å². The summed E-state index contributed by atoms with van der Waals surface area (Å²) in [6.07, 6.45) is 4.42. The third-order valence-corrected chi connectivity index (χ3v) is 17.4. The molecule has 0 saturated heterocycles. The molecule has 0 spiro atoms. The maximum atomic E-state index is 12.1. The second-order valence-corrected chi connectivity index (χ2v) is 24.8. The van der Waals surface area contributed by atoms with Gasteiger partial charge in [0.05, 0.1) is 6.10 Å². The van der Waals surface area contributed by atoms with Crippen LogP contribution in [-0.4, -0.2) is 64.8 Å². The lowest BCUT2D eigenvalue weighted by molar-refractivity contribution is -0.128. The predicted octanol–water partition coefficient (Wildman–Crippen LogP) is 7.53. The largest absolute Gasteiger partial charge is 0.416 e. The second-order valence-electron chi connectivity index (χ2n) is 15.2. The minimum absolute atomic E-state index is 0.156. The van der Waals surface area contributed by atoms with E-state index in [0.717, 1.165) is 25.5 Å². The highest BCUT2D eigenvalue weighted by Crippen LogP contribution is 2.39. The van der Waals surface area contributed by atoms with E-state index in [0.29, 0.717) is 32.5 Å². The van der Waals surface area contributed by atoms with Crippen LogP contribution in [0.25, 0.3) is 0 Å². The van der Waals surface area contributed by atoms with E-state index in [2.05, 4.69) is 81.6 Å². The topological polar surface area (TPSA) is 93.1 Å². The number of carbonyl (C=O) groups excluding carboxylic acids is 2. The number of carbonyl (C=O) groups is 2. The van der Waals surface area contributed by atoms with Crippen molar-refractivity contribution in [3.05, 3.63) is 0 Å². The summed E-state index contributed by atoms with van der Waals surface area (Å²) in [5.41, 5.74) is -0.691. The number of rotatable bonds is 16. The Morgan fingerprint density at radius 1 is 0.789 bits per heavy atom.